The molecule has 146 valence electrons. The summed E-state index contributed by atoms with van der Waals surface area (Å²) in [7, 11) is -3.57. The van der Waals surface area contributed by atoms with Gasteiger partial charge in [-0.3, -0.25) is 9.10 Å². The van der Waals surface area contributed by atoms with Gasteiger partial charge in [-0.25, -0.2) is 8.42 Å². The summed E-state index contributed by atoms with van der Waals surface area (Å²) in [6, 6.07) is 10.3. The average molecular weight is 429 g/mol. The summed E-state index contributed by atoms with van der Waals surface area (Å²) >= 11 is 12.1. The highest BCUT2D eigenvalue weighted by atomic mass is 35.5. The molecule has 1 amide bonds. The molecule has 0 heterocycles. The lowest BCUT2D eigenvalue weighted by atomic mass is 10.1. The highest BCUT2D eigenvalue weighted by molar-refractivity contribution is 7.92. The molecule has 0 saturated heterocycles. The van der Waals surface area contributed by atoms with Gasteiger partial charge in [0.05, 0.1) is 17.0 Å². The lowest BCUT2D eigenvalue weighted by molar-refractivity contribution is -0.116. The van der Waals surface area contributed by atoms with E-state index in [-0.39, 0.29) is 23.9 Å². The molecule has 0 fully saturated rings. The van der Waals surface area contributed by atoms with Gasteiger partial charge in [-0.15, -0.1) is 0 Å². The summed E-state index contributed by atoms with van der Waals surface area (Å²) in [5, 5.41) is 3.54. The zero-order chi connectivity index (χ0) is 20.2. The summed E-state index contributed by atoms with van der Waals surface area (Å²) < 4.78 is 25.5. The Labute approximate surface area is 170 Å². The van der Waals surface area contributed by atoms with Gasteiger partial charge in [0.25, 0.3) is 0 Å². The topological polar surface area (TPSA) is 66.5 Å². The highest BCUT2D eigenvalue weighted by Gasteiger charge is 2.20. The molecule has 1 N–H and O–H groups in total. The van der Waals surface area contributed by atoms with Gasteiger partial charge < -0.3 is 5.32 Å². The second-order valence-corrected chi connectivity index (χ2v) is 9.08. The number of nitrogens with zero attached hydrogens (tertiary/aromatic N) is 1. The van der Waals surface area contributed by atoms with Crippen molar-refractivity contribution in [3.8, 4) is 0 Å². The quantitative estimate of drug-likeness (QED) is 0.688. The van der Waals surface area contributed by atoms with E-state index < -0.39 is 10.0 Å². The van der Waals surface area contributed by atoms with Crippen LogP contribution in [0.2, 0.25) is 10.0 Å². The molecule has 0 spiro atoms. The van der Waals surface area contributed by atoms with Crippen LogP contribution in [-0.2, 0) is 14.8 Å². The summed E-state index contributed by atoms with van der Waals surface area (Å²) in [4.78, 5) is 12.2. The van der Waals surface area contributed by atoms with Gasteiger partial charge in [0.15, 0.2) is 0 Å². The van der Waals surface area contributed by atoms with Crippen LogP contribution < -0.4 is 9.62 Å². The third-order valence-electron chi connectivity index (χ3n) is 4.22. The smallest absolute Gasteiger partial charge is 0.232 e. The van der Waals surface area contributed by atoms with Gasteiger partial charge in [-0.05, 0) is 55.7 Å². The molecule has 2 aromatic rings. The molecule has 0 atom stereocenters. The predicted molar refractivity (Wildman–Crippen MR) is 112 cm³/mol. The van der Waals surface area contributed by atoms with E-state index in [1.807, 2.05) is 32.0 Å². The Morgan fingerprint density at radius 2 is 1.85 bits per heavy atom. The van der Waals surface area contributed by atoms with E-state index in [2.05, 4.69) is 5.32 Å². The molecule has 0 saturated carbocycles. The Kier molecular flexibility index (Phi) is 7.14. The van der Waals surface area contributed by atoms with Crippen LogP contribution in [0.1, 0.15) is 24.0 Å². The number of carbonyl (C=O) groups is 1. The molecule has 0 aromatic heterocycles. The van der Waals surface area contributed by atoms with Crippen LogP contribution in [0.15, 0.2) is 36.4 Å². The van der Waals surface area contributed by atoms with Crippen molar-refractivity contribution in [3.63, 3.8) is 0 Å². The first-order chi connectivity index (χ1) is 12.6. The van der Waals surface area contributed by atoms with E-state index in [9.17, 15) is 13.2 Å². The third-order valence-corrected chi connectivity index (χ3v) is 5.96. The molecule has 5 nitrogen and oxygen atoms in total. The molecule has 2 rings (SSSR count). The molecular formula is C19H22Cl2N2O3S. The van der Waals surface area contributed by atoms with Crippen LogP contribution in [0.4, 0.5) is 11.4 Å². The van der Waals surface area contributed by atoms with E-state index >= 15 is 0 Å². The maximum atomic E-state index is 12.2. The fourth-order valence-corrected chi connectivity index (χ4v) is 4.03. The fraction of sp³-hybridized carbons (Fsp3) is 0.316. The van der Waals surface area contributed by atoms with E-state index in [1.165, 1.54) is 10.4 Å². The molecule has 8 heteroatoms. The van der Waals surface area contributed by atoms with Gasteiger partial charge in [0.2, 0.25) is 15.9 Å². The molecule has 0 radical (unpaired) electrons. The summed E-state index contributed by atoms with van der Waals surface area (Å²) in [5.41, 5.74) is 3.17. The van der Waals surface area contributed by atoms with Crippen LogP contribution in [0.5, 0.6) is 0 Å². The lowest BCUT2D eigenvalue weighted by Crippen LogP contribution is -2.31. The van der Waals surface area contributed by atoms with E-state index in [4.69, 9.17) is 23.2 Å². The molecule has 0 aliphatic heterocycles. The van der Waals surface area contributed by atoms with Gasteiger partial charge in [0.1, 0.15) is 0 Å². The van der Waals surface area contributed by atoms with Crippen LogP contribution in [-0.4, -0.2) is 27.1 Å². The summed E-state index contributed by atoms with van der Waals surface area (Å²) in [5.74, 6) is -0.172. The first kappa shape index (κ1) is 21.5. The molecule has 0 bridgehead atoms. The minimum Gasteiger partial charge on any atom is -0.326 e. The number of halogens is 2. The second-order valence-electron chi connectivity index (χ2n) is 6.33. The molecule has 0 unspecified atom stereocenters. The number of sulfonamides is 1. The average Bonchev–Trinajstić information content (AvgIpc) is 2.57. The summed E-state index contributed by atoms with van der Waals surface area (Å²) in [6.45, 7) is 4.04. The Bertz CT molecular complexity index is 946. The third kappa shape index (κ3) is 5.86. The predicted octanol–water partition coefficient (Wildman–Crippen LogP) is 4.80. The number of benzene rings is 2. The van der Waals surface area contributed by atoms with Crippen LogP contribution in [0.25, 0.3) is 0 Å². The number of amides is 1. The molecule has 27 heavy (non-hydrogen) atoms. The molecule has 0 aliphatic rings. The van der Waals surface area contributed by atoms with Gasteiger partial charge in [0, 0.05) is 23.7 Å². The van der Waals surface area contributed by atoms with Crippen LogP contribution >= 0.6 is 23.2 Å². The van der Waals surface area contributed by atoms with Gasteiger partial charge >= 0.3 is 0 Å². The Hall–Kier alpha value is -1.76. The lowest BCUT2D eigenvalue weighted by Gasteiger charge is -2.23. The number of hydrogen-bond donors (Lipinski definition) is 1. The normalized spacial score (nSPS) is 11.3. The zero-order valence-corrected chi connectivity index (χ0v) is 17.7. The minimum absolute atomic E-state index is 0.124. The van der Waals surface area contributed by atoms with Crippen molar-refractivity contribution in [2.24, 2.45) is 0 Å². The number of hydrogen-bond acceptors (Lipinski definition) is 3. The standard InChI is InChI=1S/C19H22Cl2N2O3S/c1-13-6-4-7-17(14(13)2)22-19(24)8-5-11-23(27(3,25)26)18-12-15(20)9-10-16(18)21/h4,6-7,9-10,12H,5,8,11H2,1-3H3,(H,22,24). The van der Waals surface area contributed by atoms with E-state index in [0.717, 1.165) is 23.1 Å². The number of rotatable bonds is 7. The first-order valence-electron chi connectivity index (χ1n) is 8.38. The maximum Gasteiger partial charge on any atom is 0.232 e. The van der Waals surface area contributed by atoms with Crippen molar-refractivity contribution in [2.75, 3.05) is 22.4 Å². The monoisotopic (exact) mass is 428 g/mol. The zero-order valence-electron chi connectivity index (χ0n) is 15.4. The van der Waals surface area contributed by atoms with E-state index in [1.54, 1.807) is 12.1 Å². The van der Waals surface area contributed by atoms with Gasteiger partial charge in [-0.2, -0.15) is 0 Å². The van der Waals surface area contributed by atoms with Crippen molar-refractivity contribution < 1.29 is 13.2 Å². The minimum atomic E-state index is -3.57. The van der Waals surface area contributed by atoms with Crippen molar-refractivity contribution >= 4 is 50.5 Å². The van der Waals surface area contributed by atoms with Gasteiger partial charge in [-0.1, -0.05) is 35.3 Å². The van der Waals surface area contributed by atoms with Crippen molar-refractivity contribution in [2.45, 2.75) is 26.7 Å². The number of nitrogens with one attached hydrogen (secondary N) is 1. The Morgan fingerprint density at radius 3 is 2.52 bits per heavy atom. The number of aryl methyl sites for hydroxylation is 1. The SMILES string of the molecule is Cc1cccc(NC(=O)CCCN(c2cc(Cl)ccc2Cl)S(C)(=O)=O)c1C. The fourth-order valence-electron chi connectivity index (χ4n) is 2.62. The second kappa shape index (κ2) is 8.95. The summed E-state index contributed by atoms with van der Waals surface area (Å²) in [6.07, 6.45) is 1.62. The maximum absolute atomic E-state index is 12.2. The molecule has 2 aromatic carbocycles. The van der Waals surface area contributed by atoms with Crippen LogP contribution in [0, 0.1) is 13.8 Å². The Balaban J connectivity index is 2.05. The Morgan fingerprint density at radius 1 is 1.15 bits per heavy atom. The van der Waals surface area contributed by atoms with E-state index in [0.29, 0.717) is 17.1 Å². The molecular weight excluding hydrogens is 407 g/mol. The largest absolute Gasteiger partial charge is 0.326 e. The van der Waals surface area contributed by atoms with Crippen LogP contribution in [0.3, 0.4) is 0 Å². The van der Waals surface area contributed by atoms with Crippen molar-refractivity contribution in [1.82, 2.24) is 0 Å². The molecule has 0 aliphatic carbocycles. The highest BCUT2D eigenvalue weighted by Crippen LogP contribution is 2.31. The number of carbonyl (C=O) groups excluding carboxylic acids is 1. The van der Waals surface area contributed by atoms with Crippen molar-refractivity contribution in [1.29, 1.82) is 0 Å². The first-order valence-corrected chi connectivity index (χ1v) is 11.0. The number of anilines is 2. The van der Waals surface area contributed by atoms with Crippen molar-refractivity contribution in [3.05, 3.63) is 57.6 Å².